The van der Waals surface area contributed by atoms with Gasteiger partial charge in [0.1, 0.15) is 5.82 Å². The number of amides is 2. The molecule has 3 aromatic rings. The molecule has 2 aliphatic rings. The van der Waals surface area contributed by atoms with Gasteiger partial charge in [0, 0.05) is 56.3 Å². The Kier molecular flexibility index (Phi) is 9.18. The lowest BCUT2D eigenvalue weighted by atomic mass is 9.85. The van der Waals surface area contributed by atoms with E-state index in [-0.39, 0.29) is 30.5 Å². The number of halogens is 1. The molecule has 10 nitrogen and oxygen atoms in total. The second kappa shape index (κ2) is 13.0. The quantitative estimate of drug-likeness (QED) is 0.377. The van der Waals surface area contributed by atoms with Crippen molar-refractivity contribution in [2.45, 2.75) is 58.2 Å². The average Bonchev–Trinajstić information content (AvgIpc) is 3.30. The number of fused-ring (bicyclic) bond motifs is 1. The number of nitrogens with one attached hydrogen (secondary N) is 2. The SMILES string of the molecule is CC(C)NC(=O)[C@H]1CC[C@@H](n2/c(=N/C(=O)c3ccc(F)cc3)[nH]c3ccc(CN4CCN(CC(=O)O)CC4)cc32)CC1. The molecule has 2 amide bonds. The highest BCUT2D eigenvalue weighted by Gasteiger charge is 2.29. The molecule has 0 bridgehead atoms. The number of rotatable bonds is 8. The van der Waals surface area contributed by atoms with Crippen molar-refractivity contribution < 1.29 is 23.9 Å². The number of carboxylic acid groups (broad SMARTS) is 1. The van der Waals surface area contributed by atoms with Gasteiger partial charge in [0.25, 0.3) is 5.91 Å². The van der Waals surface area contributed by atoms with Gasteiger partial charge in [-0.1, -0.05) is 6.07 Å². The second-order valence-corrected chi connectivity index (χ2v) is 11.7. The number of aromatic nitrogens is 2. The molecule has 2 aromatic carbocycles. The highest BCUT2D eigenvalue weighted by molar-refractivity contribution is 5.95. The lowest BCUT2D eigenvalue weighted by Gasteiger charge is -2.33. The average molecular weight is 579 g/mol. The monoisotopic (exact) mass is 578 g/mol. The summed E-state index contributed by atoms with van der Waals surface area (Å²) in [4.78, 5) is 48.9. The van der Waals surface area contributed by atoms with Crippen molar-refractivity contribution in [3.63, 3.8) is 0 Å². The topological polar surface area (TPSA) is 123 Å². The van der Waals surface area contributed by atoms with Gasteiger partial charge in [-0.25, -0.2) is 4.39 Å². The molecule has 1 aliphatic heterocycles. The molecule has 1 aliphatic carbocycles. The minimum absolute atomic E-state index is 0.0361. The van der Waals surface area contributed by atoms with E-state index in [0.717, 1.165) is 61.9 Å². The van der Waals surface area contributed by atoms with Crippen LogP contribution in [0, 0.1) is 11.7 Å². The molecule has 2 fully saturated rings. The second-order valence-electron chi connectivity index (χ2n) is 11.7. The molecular weight excluding hydrogens is 539 g/mol. The summed E-state index contributed by atoms with van der Waals surface area (Å²) in [5, 5.41) is 12.1. The predicted octanol–water partition coefficient (Wildman–Crippen LogP) is 3.31. The van der Waals surface area contributed by atoms with Crippen molar-refractivity contribution in [2.24, 2.45) is 10.9 Å². The first-order valence-corrected chi connectivity index (χ1v) is 14.7. The van der Waals surface area contributed by atoms with Gasteiger partial charge >= 0.3 is 5.97 Å². The van der Waals surface area contributed by atoms with E-state index < -0.39 is 17.7 Å². The first-order chi connectivity index (χ1) is 20.2. The summed E-state index contributed by atoms with van der Waals surface area (Å²) in [6.07, 6.45) is 3.04. The minimum atomic E-state index is -0.806. The van der Waals surface area contributed by atoms with E-state index in [9.17, 15) is 18.8 Å². The first kappa shape index (κ1) is 29.7. The smallest absolute Gasteiger partial charge is 0.317 e. The Morgan fingerprint density at radius 3 is 2.31 bits per heavy atom. The van der Waals surface area contributed by atoms with E-state index in [1.54, 1.807) is 0 Å². The lowest BCUT2D eigenvalue weighted by molar-refractivity contribution is -0.138. The normalized spacial score (nSPS) is 20.7. The van der Waals surface area contributed by atoms with Crippen molar-refractivity contribution >= 4 is 28.8 Å². The van der Waals surface area contributed by atoms with E-state index >= 15 is 0 Å². The zero-order chi connectivity index (χ0) is 29.8. The van der Waals surface area contributed by atoms with Crippen LogP contribution in [-0.4, -0.2) is 81.0 Å². The molecule has 0 radical (unpaired) electrons. The van der Waals surface area contributed by atoms with E-state index in [4.69, 9.17) is 5.11 Å². The van der Waals surface area contributed by atoms with Crippen LogP contribution in [0.25, 0.3) is 11.0 Å². The Bertz CT molecular complexity index is 1500. The Morgan fingerprint density at radius 2 is 1.67 bits per heavy atom. The standard InChI is InChI=1S/C31H39FN6O4/c1-20(2)33-29(41)23-6-10-25(11-7-23)38-27-17-21(18-36-13-15-37(16-14-36)19-28(39)40)3-12-26(27)34-31(38)35-30(42)22-4-8-24(32)9-5-22/h3-5,8-9,12,17,20,23,25H,6-7,10-11,13-16,18-19H2,1-2H3,(H,33,41)(H,39,40)(H,34,35,42)/t23-,25+. The van der Waals surface area contributed by atoms with Crippen LogP contribution in [0.5, 0.6) is 0 Å². The Hall–Kier alpha value is -3.83. The van der Waals surface area contributed by atoms with Gasteiger partial charge < -0.3 is 20.0 Å². The van der Waals surface area contributed by atoms with Gasteiger partial charge in [-0.2, -0.15) is 4.99 Å². The number of carbonyl (C=O) groups excluding carboxylic acids is 2. The van der Waals surface area contributed by atoms with Crippen LogP contribution in [-0.2, 0) is 16.1 Å². The van der Waals surface area contributed by atoms with E-state index in [0.29, 0.717) is 24.3 Å². The number of piperazine rings is 1. The highest BCUT2D eigenvalue weighted by Crippen LogP contribution is 2.33. The van der Waals surface area contributed by atoms with Crippen molar-refractivity contribution in [1.29, 1.82) is 0 Å². The number of aliphatic carboxylic acids is 1. The van der Waals surface area contributed by atoms with Crippen molar-refractivity contribution in [1.82, 2.24) is 24.7 Å². The fourth-order valence-corrected chi connectivity index (χ4v) is 6.03. The number of hydrogen-bond acceptors (Lipinski definition) is 5. The van der Waals surface area contributed by atoms with Gasteiger partial charge in [-0.15, -0.1) is 0 Å². The maximum Gasteiger partial charge on any atom is 0.317 e. The van der Waals surface area contributed by atoms with Gasteiger partial charge in [0.2, 0.25) is 11.5 Å². The van der Waals surface area contributed by atoms with Crippen LogP contribution in [0.2, 0.25) is 0 Å². The van der Waals surface area contributed by atoms with Gasteiger partial charge in [-0.05, 0) is 81.5 Å². The molecule has 0 spiro atoms. The number of imidazole rings is 1. The number of hydrogen-bond donors (Lipinski definition) is 3. The summed E-state index contributed by atoms with van der Waals surface area (Å²) in [5.74, 6) is -1.62. The van der Waals surface area contributed by atoms with E-state index in [2.05, 4.69) is 36.9 Å². The highest BCUT2D eigenvalue weighted by atomic mass is 19.1. The third-order valence-corrected chi connectivity index (χ3v) is 8.19. The summed E-state index contributed by atoms with van der Waals surface area (Å²) >= 11 is 0. The van der Waals surface area contributed by atoms with E-state index in [1.165, 1.54) is 24.3 Å². The summed E-state index contributed by atoms with van der Waals surface area (Å²) in [5.41, 5.74) is 3.66. The molecule has 224 valence electrons. The number of benzene rings is 2. The molecule has 1 saturated carbocycles. The predicted molar refractivity (Wildman–Crippen MR) is 156 cm³/mol. The van der Waals surface area contributed by atoms with Gasteiger partial charge in [0.05, 0.1) is 17.6 Å². The molecule has 3 N–H and O–H groups in total. The van der Waals surface area contributed by atoms with Gasteiger partial charge in [-0.3, -0.25) is 24.2 Å². The third-order valence-electron chi connectivity index (χ3n) is 8.19. The third kappa shape index (κ3) is 7.14. The molecule has 42 heavy (non-hydrogen) atoms. The molecule has 0 atom stereocenters. The van der Waals surface area contributed by atoms with Crippen LogP contribution in [0.15, 0.2) is 47.5 Å². The van der Waals surface area contributed by atoms with Crippen molar-refractivity contribution in [3.05, 3.63) is 65.0 Å². The molecule has 0 unspecified atom stereocenters. The number of aromatic amines is 1. The number of carbonyl (C=O) groups is 3. The molecule has 2 heterocycles. The molecule has 5 rings (SSSR count). The summed E-state index contributed by atoms with van der Waals surface area (Å²) in [6.45, 7) is 7.71. The maximum atomic E-state index is 13.4. The maximum absolute atomic E-state index is 13.4. The number of carboxylic acids is 1. The Morgan fingerprint density at radius 1 is 1.00 bits per heavy atom. The fraction of sp³-hybridized carbons (Fsp3) is 0.484. The zero-order valence-electron chi connectivity index (χ0n) is 24.2. The Balaban J connectivity index is 1.42. The lowest BCUT2D eigenvalue weighted by Crippen LogP contribution is -2.47. The minimum Gasteiger partial charge on any atom is -0.480 e. The Labute approximate surface area is 244 Å². The summed E-state index contributed by atoms with van der Waals surface area (Å²) in [6, 6.07) is 11.7. The zero-order valence-corrected chi connectivity index (χ0v) is 24.2. The molecular formula is C31H39FN6O4. The van der Waals surface area contributed by atoms with Crippen LogP contribution >= 0.6 is 0 Å². The molecule has 1 saturated heterocycles. The van der Waals surface area contributed by atoms with Crippen LogP contribution in [0.1, 0.15) is 61.5 Å². The number of nitrogens with zero attached hydrogens (tertiary/aromatic N) is 4. The summed E-state index contributed by atoms with van der Waals surface area (Å²) < 4.78 is 15.5. The van der Waals surface area contributed by atoms with Gasteiger partial charge in [0.15, 0.2) is 0 Å². The van der Waals surface area contributed by atoms with E-state index in [1.807, 2.05) is 24.8 Å². The first-order valence-electron chi connectivity index (χ1n) is 14.7. The van der Waals surface area contributed by atoms with Crippen molar-refractivity contribution in [2.75, 3.05) is 32.7 Å². The molecule has 11 heteroatoms. The van der Waals surface area contributed by atoms with Crippen LogP contribution in [0.3, 0.4) is 0 Å². The van der Waals surface area contributed by atoms with Crippen LogP contribution in [0.4, 0.5) is 4.39 Å². The number of H-pyrrole nitrogens is 1. The van der Waals surface area contributed by atoms with Crippen LogP contribution < -0.4 is 10.9 Å². The summed E-state index contributed by atoms with van der Waals surface area (Å²) in [7, 11) is 0. The van der Waals surface area contributed by atoms with Crippen molar-refractivity contribution in [3.8, 4) is 0 Å². The largest absolute Gasteiger partial charge is 0.480 e. The molecule has 1 aromatic heterocycles. The fourth-order valence-electron chi connectivity index (χ4n) is 6.03.